The number of hydrogen-bond donors (Lipinski definition) is 2. The van der Waals surface area contributed by atoms with Gasteiger partial charge in [-0.15, -0.1) is 0 Å². The highest BCUT2D eigenvalue weighted by Crippen LogP contribution is 2.20. The molecule has 0 aromatic carbocycles. The van der Waals surface area contributed by atoms with Gasteiger partial charge in [-0.25, -0.2) is 4.98 Å². The molecule has 2 heterocycles. The van der Waals surface area contributed by atoms with Gasteiger partial charge in [0, 0.05) is 31.4 Å². The Hall–Kier alpha value is -1.36. The number of aliphatic hydroxyl groups excluding tert-OH is 1. The van der Waals surface area contributed by atoms with Crippen LogP contribution in [-0.2, 0) is 0 Å². The lowest BCUT2D eigenvalue weighted by molar-refractivity contribution is 0.198. The van der Waals surface area contributed by atoms with Gasteiger partial charge >= 0.3 is 0 Å². The first-order valence-corrected chi connectivity index (χ1v) is 6.21. The number of β-amino-alcohol motifs (C(OH)–C–C–N with tert-alkyl or cyclic N) is 1. The first kappa shape index (κ1) is 12.1. The standard InChI is InChI=1S/C12H20N4O/c1-3-5-13-12-14-9(2)7-11(15-12)16-6-4-10(17)8-16/h7,10,17H,3-6,8H2,1-2H3,(H,13,14,15). The molecule has 0 aliphatic carbocycles. The third kappa shape index (κ3) is 3.06. The summed E-state index contributed by atoms with van der Waals surface area (Å²) in [6, 6.07) is 1.97. The molecule has 1 saturated heterocycles. The van der Waals surface area contributed by atoms with Crippen LogP contribution >= 0.6 is 0 Å². The van der Waals surface area contributed by atoms with E-state index in [9.17, 15) is 5.11 Å². The quantitative estimate of drug-likeness (QED) is 0.822. The first-order valence-electron chi connectivity index (χ1n) is 6.21. The highest BCUT2D eigenvalue weighted by Gasteiger charge is 2.21. The van der Waals surface area contributed by atoms with Crippen LogP contribution in [0.2, 0.25) is 0 Å². The van der Waals surface area contributed by atoms with Crippen molar-refractivity contribution in [1.82, 2.24) is 9.97 Å². The predicted molar refractivity (Wildman–Crippen MR) is 68.4 cm³/mol. The molecular formula is C12H20N4O. The zero-order valence-corrected chi connectivity index (χ0v) is 10.5. The van der Waals surface area contributed by atoms with E-state index in [4.69, 9.17) is 0 Å². The molecular weight excluding hydrogens is 216 g/mol. The molecule has 1 aliphatic heterocycles. The Morgan fingerprint density at radius 3 is 3.00 bits per heavy atom. The van der Waals surface area contributed by atoms with Gasteiger partial charge in [-0.05, 0) is 19.8 Å². The van der Waals surface area contributed by atoms with Crippen LogP contribution in [0.15, 0.2) is 6.07 Å². The molecule has 1 unspecified atom stereocenters. The number of nitrogens with zero attached hydrogens (tertiary/aromatic N) is 3. The fraction of sp³-hybridized carbons (Fsp3) is 0.667. The molecule has 2 rings (SSSR count). The second-order valence-electron chi connectivity index (χ2n) is 4.51. The summed E-state index contributed by atoms with van der Waals surface area (Å²) in [5.74, 6) is 1.59. The summed E-state index contributed by atoms with van der Waals surface area (Å²) in [4.78, 5) is 10.9. The molecule has 94 valence electrons. The third-order valence-electron chi connectivity index (χ3n) is 2.86. The van der Waals surface area contributed by atoms with E-state index in [2.05, 4.69) is 27.1 Å². The highest BCUT2D eigenvalue weighted by atomic mass is 16.3. The molecule has 0 spiro atoms. The largest absolute Gasteiger partial charge is 0.391 e. The van der Waals surface area contributed by atoms with Crippen LogP contribution in [-0.4, -0.2) is 40.8 Å². The van der Waals surface area contributed by atoms with Gasteiger partial charge < -0.3 is 15.3 Å². The van der Waals surface area contributed by atoms with Crippen LogP contribution in [0.3, 0.4) is 0 Å². The highest BCUT2D eigenvalue weighted by molar-refractivity contribution is 5.45. The van der Waals surface area contributed by atoms with Crippen LogP contribution in [0.4, 0.5) is 11.8 Å². The maximum atomic E-state index is 9.54. The molecule has 1 aromatic heterocycles. The summed E-state index contributed by atoms with van der Waals surface area (Å²) in [5, 5.41) is 12.7. The van der Waals surface area contributed by atoms with Crippen LogP contribution in [0.1, 0.15) is 25.5 Å². The van der Waals surface area contributed by atoms with E-state index in [1.807, 2.05) is 13.0 Å². The van der Waals surface area contributed by atoms with Crippen LogP contribution < -0.4 is 10.2 Å². The zero-order chi connectivity index (χ0) is 12.3. The molecule has 1 atom stereocenters. The van der Waals surface area contributed by atoms with Gasteiger partial charge in [0.2, 0.25) is 5.95 Å². The maximum Gasteiger partial charge on any atom is 0.224 e. The Bertz CT molecular complexity index is 383. The Balaban J connectivity index is 2.13. The molecule has 5 nitrogen and oxygen atoms in total. The fourth-order valence-corrected chi connectivity index (χ4v) is 1.98. The minimum atomic E-state index is -0.225. The smallest absolute Gasteiger partial charge is 0.224 e. The van der Waals surface area contributed by atoms with Crippen molar-refractivity contribution in [1.29, 1.82) is 0 Å². The van der Waals surface area contributed by atoms with Gasteiger partial charge in [-0.2, -0.15) is 4.98 Å². The van der Waals surface area contributed by atoms with Gasteiger partial charge in [-0.1, -0.05) is 6.92 Å². The van der Waals surface area contributed by atoms with Gasteiger partial charge in [0.05, 0.1) is 6.10 Å². The molecule has 0 radical (unpaired) electrons. The van der Waals surface area contributed by atoms with Crippen molar-refractivity contribution in [3.05, 3.63) is 11.8 Å². The van der Waals surface area contributed by atoms with Crippen LogP contribution in [0.5, 0.6) is 0 Å². The number of rotatable bonds is 4. The normalized spacial score (nSPS) is 19.7. The topological polar surface area (TPSA) is 61.3 Å². The summed E-state index contributed by atoms with van der Waals surface area (Å²) in [6.45, 7) is 6.50. The molecule has 0 saturated carbocycles. The van der Waals surface area contributed by atoms with Crippen molar-refractivity contribution < 1.29 is 5.11 Å². The molecule has 1 aliphatic rings. The van der Waals surface area contributed by atoms with Crippen molar-refractivity contribution >= 4 is 11.8 Å². The van der Waals surface area contributed by atoms with E-state index in [1.54, 1.807) is 0 Å². The maximum absolute atomic E-state index is 9.54. The molecule has 0 bridgehead atoms. The van der Waals surface area contributed by atoms with Crippen LogP contribution in [0, 0.1) is 6.92 Å². The third-order valence-corrected chi connectivity index (χ3v) is 2.86. The van der Waals surface area contributed by atoms with E-state index in [0.717, 1.165) is 37.4 Å². The second-order valence-corrected chi connectivity index (χ2v) is 4.51. The van der Waals surface area contributed by atoms with Gasteiger partial charge in [-0.3, -0.25) is 0 Å². The summed E-state index contributed by atoms with van der Waals surface area (Å²) >= 11 is 0. The van der Waals surface area contributed by atoms with Crippen molar-refractivity contribution in [2.75, 3.05) is 29.9 Å². The number of aryl methyl sites for hydroxylation is 1. The van der Waals surface area contributed by atoms with Crippen molar-refractivity contribution in [2.24, 2.45) is 0 Å². The average Bonchev–Trinajstić information content (AvgIpc) is 2.72. The number of aromatic nitrogens is 2. The Kier molecular flexibility index (Phi) is 3.78. The molecule has 0 amide bonds. The molecule has 1 fully saturated rings. The van der Waals surface area contributed by atoms with Crippen molar-refractivity contribution in [2.45, 2.75) is 32.8 Å². The fourth-order valence-electron chi connectivity index (χ4n) is 1.98. The Morgan fingerprint density at radius 2 is 2.35 bits per heavy atom. The zero-order valence-electron chi connectivity index (χ0n) is 10.5. The SMILES string of the molecule is CCCNc1nc(C)cc(N2CCC(O)C2)n1. The predicted octanol–water partition coefficient (Wildman–Crippen LogP) is 1.18. The van der Waals surface area contributed by atoms with Gasteiger partial charge in [0.15, 0.2) is 0 Å². The molecule has 2 N–H and O–H groups in total. The van der Waals surface area contributed by atoms with Crippen LogP contribution in [0.25, 0.3) is 0 Å². The lowest BCUT2D eigenvalue weighted by Gasteiger charge is -2.17. The minimum Gasteiger partial charge on any atom is -0.391 e. The minimum absolute atomic E-state index is 0.225. The van der Waals surface area contributed by atoms with E-state index in [-0.39, 0.29) is 6.10 Å². The number of anilines is 2. The van der Waals surface area contributed by atoms with E-state index in [0.29, 0.717) is 12.5 Å². The lowest BCUT2D eigenvalue weighted by atomic mass is 10.3. The summed E-state index contributed by atoms with van der Waals surface area (Å²) < 4.78 is 0. The van der Waals surface area contributed by atoms with E-state index < -0.39 is 0 Å². The monoisotopic (exact) mass is 236 g/mol. The van der Waals surface area contributed by atoms with E-state index >= 15 is 0 Å². The van der Waals surface area contributed by atoms with Gasteiger partial charge in [0.1, 0.15) is 5.82 Å². The average molecular weight is 236 g/mol. The number of hydrogen-bond acceptors (Lipinski definition) is 5. The number of nitrogens with one attached hydrogen (secondary N) is 1. The summed E-state index contributed by atoms with van der Waals surface area (Å²) in [5.41, 5.74) is 0.954. The van der Waals surface area contributed by atoms with Crippen molar-refractivity contribution in [3.63, 3.8) is 0 Å². The Labute approximate surface area is 102 Å². The summed E-state index contributed by atoms with van der Waals surface area (Å²) in [6.07, 6.45) is 1.65. The number of aliphatic hydroxyl groups is 1. The molecule has 5 heteroatoms. The van der Waals surface area contributed by atoms with Gasteiger partial charge in [0.25, 0.3) is 0 Å². The first-order chi connectivity index (χ1) is 8.19. The summed E-state index contributed by atoms with van der Waals surface area (Å²) in [7, 11) is 0. The molecule has 17 heavy (non-hydrogen) atoms. The lowest BCUT2D eigenvalue weighted by Crippen LogP contribution is -2.23. The Morgan fingerprint density at radius 1 is 1.53 bits per heavy atom. The van der Waals surface area contributed by atoms with E-state index in [1.165, 1.54) is 0 Å². The molecule has 1 aromatic rings. The van der Waals surface area contributed by atoms with Crippen molar-refractivity contribution in [3.8, 4) is 0 Å². The second kappa shape index (κ2) is 5.31.